The van der Waals surface area contributed by atoms with Gasteiger partial charge in [-0.05, 0) is 25.7 Å². The van der Waals surface area contributed by atoms with Crippen LogP contribution in [0.25, 0.3) is 0 Å². The van der Waals surface area contributed by atoms with Crippen molar-refractivity contribution in [2.24, 2.45) is 5.92 Å². The van der Waals surface area contributed by atoms with Gasteiger partial charge in [0.15, 0.2) is 0 Å². The molecule has 1 aliphatic rings. The molecule has 0 aliphatic carbocycles. The van der Waals surface area contributed by atoms with Crippen LogP contribution in [-0.2, 0) is 15.0 Å². The first-order chi connectivity index (χ1) is 8.83. The minimum Gasteiger partial charge on any atom is -0.300 e. The van der Waals surface area contributed by atoms with Crippen molar-refractivity contribution in [3.05, 3.63) is 0 Å². The summed E-state index contributed by atoms with van der Waals surface area (Å²) < 4.78 is 28.8. The molecule has 0 aromatic heterocycles. The van der Waals surface area contributed by atoms with E-state index in [1.165, 1.54) is 11.2 Å². The number of nitrogens with one attached hydrogen (secondary N) is 1. The van der Waals surface area contributed by atoms with Gasteiger partial charge in [0, 0.05) is 25.6 Å². The van der Waals surface area contributed by atoms with Gasteiger partial charge in [-0.1, -0.05) is 26.7 Å². The molecule has 19 heavy (non-hydrogen) atoms. The molecule has 0 saturated carbocycles. The second-order valence-electron chi connectivity index (χ2n) is 5.77. The highest BCUT2D eigenvalue weighted by Gasteiger charge is 2.31. The summed E-state index contributed by atoms with van der Waals surface area (Å²) in [5.41, 5.74) is 0. The number of carbonyl (C=O) groups is 1. The summed E-state index contributed by atoms with van der Waals surface area (Å²) in [6.45, 7) is 6.42. The lowest BCUT2D eigenvalue weighted by Gasteiger charge is -2.28. The normalized spacial score (nSPS) is 22.4. The standard InChI is InChI=1S/C13H26N2O3S/c1-11(2)10-14-19(17,18)15-8-6-4-5-7-13(15)9-12(3)16/h11,13-14H,4-10H2,1-3H3. The van der Waals surface area contributed by atoms with E-state index in [2.05, 4.69) is 4.72 Å². The van der Waals surface area contributed by atoms with Crippen LogP contribution < -0.4 is 4.72 Å². The van der Waals surface area contributed by atoms with E-state index in [1.807, 2.05) is 13.8 Å². The molecule has 1 heterocycles. The summed E-state index contributed by atoms with van der Waals surface area (Å²) in [7, 11) is -3.47. The third-order valence-electron chi connectivity index (χ3n) is 3.33. The van der Waals surface area contributed by atoms with E-state index in [1.54, 1.807) is 0 Å². The summed E-state index contributed by atoms with van der Waals surface area (Å²) in [4.78, 5) is 11.3. The second-order valence-corrected chi connectivity index (χ2v) is 7.48. The van der Waals surface area contributed by atoms with E-state index in [9.17, 15) is 13.2 Å². The van der Waals surface area contributed by atoms with E-state index in [0.29, 0.717) is 19.5 Å². The lowest BCUT2D eigenvalue weighted by Crippen LogP contribution is -2.47. The zero-order valence-corrected chi connectivity index (χ0v) is 13.0. The Balaban J connectivity index is 2.80. The van der Waals surface area contributed by atoms with Crippen LogP contribution >= 0.6 is 0 Å². The minimum absolute atomic E-state index is 0.0518. The maximum atomic E-state index is 12.3. The van der Waals surface area contributed by atoms with E-state index < -0.39 is 10.2 Å². The van der Waals surface area contributed by atoms with Crippen molar-refractivity contribution in [3.8, 4) is 0 Å². The molecule has 0 bridgehead atoms. The Morgan fingerprint density at radius 2 is 2.00 bits per heavy atom. The van der Waals surface area contributed by atoms with Crippen molar-refractivity contribution in [2.75, 3.05) is 13.1 Å². The number of hydrogen-bond acceptors (Lipinski definition) is 3. The zero-order chi connectivity index (χ0) is 14.5. The summed E-state index contributed by atoms with van der Waals surface area (Å²) in [5, 5.41) is 0. The van der Waals surface area contributed by atoms with Gasteiger partial charge in [-0.3, -0.25) is 4.79 Å². The van der Waals surface area contributed by atoms with Gasteiger partial charge in [0.2, 0.25) is 0 Å². The lowest BCUT2D eigenvalue weighted by atomic mass is 10.1. The van der Waals surface area contributed by atoms with Crippen molar-refractivity contribution in [3.63, 3.8) is 0 Å². The van der Waals surface area contributed by atoms with Crippen LogP contribution in [0, 0.1) is 5.92 Å². The van der Waals surface area contributed by atoms with Gasteiger partial charge < -0.3 is 0 Å². The molecule has 0 spiro atoms. The second kappa shape index (κ2) is 7.36. The van der Waals surface area contributed by atoms with Crippen LogP contribution in [0.15, 0.2) is 0 Å². The highest BCUT2D eigenvalue weighted by molar-refractivity contribution is 7.87. The molecule has 1 N–H and O–H groups in total. The van der Waals surface area contributed by atoms with E-state index in [-0.39, 0.29) is 17.7 Å². The molecule has 1 rings (SSSR count). The Morgan fingerprint density at radius 3 is 2.58 bits per heavy atom. The van der Waals surface area contributed by atoms with Crippen LogP contribution in [-0.4, -0.2) is 37.6 Å². The quantitative estimate of drug-likeness (QED) is 0.809. The molecular formula is C13H26N2O3S. The highest BCUT2D eigenvalue weighted by atomic mass is 32.2. The van der Waals surface area contributed by atoms with Gasteiger partial charge in [0.05, 0.1) is 0 Å². The molecule has 0 aromatic carbocycles. The van der Waals surface area contributed by atoms with Crippen LogP contribution in [0.5, 0.6) is 0 Å². The SMILES string of the molecule is CC(=O)CC1CCCCCN1S(=O)(=O)NCC(C)C. The van der Waals surface area contributed by atoms with Crippen molar-refractivity contribution < 1.29 is 13.2 Å². The third-order valence-corrected chi connectivity index (χ3v) is 4.96. The van der Waals surface area contributed by atoms with Gasteiger partial charge in [0.25, 0.3) is 10.2 Å². The van der Waals surface area contributed by atoms with E-state index in [4.69, 9.17) is 0 Å². The molecule has 0 amide bonds. The molecule has 112 valence electrons. The maximum Gasteiger partial charge on any atom is 0.279 e. The van der Waals surface area contributed by atoms with Gasteiger partial charge in [-0.2, -0.15) is 12.7 Å². The molecule has 5 nitrogen and oxygen atoms in total. The van der Waals surface area contributed by atoms with Crippen LogP contribution in [0.3, 0.4) is 0 Å². The van der Waals surface area contributed by atoms with Crippen LogP contribution in [0.4, 0.5) is 0 Å². The molecule has 0 aromatic rings. The first kappa shape index (κ1) is 16.6. The number of hydrogen-bond donors (Lipinski definition) is 1. The molecule has 1 fully saturated rings. The van der Waals surface area contributed by atoms with Crippen molar-refractivity contribution in [1.82, 2.24) is 9.03 Å². The number of nitrogens with zero attached hydrogens (tertiary/aromatic N) is 1. The van der Waals surface area contributed by atoms with Crippen molar-refractivity contribution in [2.45, 2.75) is 58.9 Å². The first-order valence-corrected chi connectivity index (χ1v) is 8.53. The third kappa shape index (κ3) is 5.58. The Kier molecular flexibility index (Phi) is 6.42. The summed E-state index contributed by atoms with van der Waals surface area (Å²) in [5.74, 6) is 0.323. The number of ketones is 1. The smallest absolute Gasteiger partial charge is 0.279 e. The largest absolute Gasteiger partial charge is 0.300 e. The predicted molar refractivity (Wildman–Crippen MR) is 76.0 cm³/mol. The summed E-state index contributed by atoms with van der Waals surface area (Å²) in [6, 6.07) is -0.176. The van der Waals surface area contributed by atoms with Gasteiger partial charge in [-0.25, -0.2) is 4.72 Å². The molecule has 1 unspecified atom stereocenters. The fourth-order valence-corrected chi connectivity index (χ4v) is 4.01. The summed E-state index contributed by atoms with van der Waals surface area (Å²) in [6.07, 6.45) is 4.00. The molecule has 1 saturated heterocycles. The summed E-state index contributed by atoms with van der Waals surface area (Å²) >= 11 is 0. The number of carbonyl (C=O) groups excluding carboxylic acids is 1. The fraction of sp³-hybridized carbons (Fsp3) is 0.923. The van der Waals surface area contributed by atoms with Crippen molar-refractivity contribution >= 4 is 16.0 Å². The molecule has 6 heteroatoms. The Hall–Kier alpha value is -0.460. The Bertz CT molecular complexity index is 393. The van der Waals surface area contributed by atoms with Gasteiger partial charge in [0.1, 0.15) is 5.78 Å². The number of Topliss-reactive ketones (excluding diaryl/α,β-unsaturated/α-hetero) is 1. The lowest BCUT2D eigenvalue weighted by molar-refractivity contribution is -0.117. The monoisotopic (exact) mass is 290 g/mol. The average Bonchev–Trinajstić information content (AvgIpc) is 2.51. The van der Waals surface area contributed by atoms with Gasteiger partial charge >= 0.3 is 0 Å². The molecular weight excluding hydrogens is 264 g/mol. The fourth-order valence-electron chi connectivity index (χ4n) is 2.36. The molecule has 1 aliphatic heterocycles. The average molecular weight is 290 g/mol. The molecule has 1 atom stereocenters. The first-order valence-electron chi connectivity index (χ1n) is 7.09. The van der Waals surface area contributed by atoms with E-state index >= 15 is 0 Å². The van der Waals surface area contributed by atoms with Crippen LogP contribution in [0.2, 0.25) is 0 Å². The van der Waals surface area contributed by atoms with Crippen molar-refractivity contribution in [1.29, 1.82) is 0 Å². The molecule has 0 radical (unpaired) electrons. The highest BCUT2D eigenvalue weighted by Crippen LogP contribution is 2.22. The minimum atomic E-state index is -3.47. The predicted octanol–water partition coefficient (Wildman–Crippen LogP) is 1.70. The topological polar surface area (TPSA) is 66.5 Å². The Morgan fingerprint density at radius 1 is 1.32 bits per heavy atom. The Labute approximate surface area is 116 Å². The zero-order valence-electron chi connectivity index (χ0n) is 12.2. The van der Waals surface area contributed by atoms with E-state index in [0.717, 1.165) is 25.7 Å². The van der Waals surface area contributed by atoms with Gasteiger partial charge in [-0.15, -0.1) is 0 Å². The number of rotatable bonds is 6. The van der Waals surface area contributed by atoms with Crippen LogP contribution in [0.1, 0.15) is 52.9 Å². The maximum absolute atomic E-state index is 12.3.